The van der Waals surface area contributed by atoms with Crippen molar-refractivity contribution in [3.05, 3.63) is 22.4 Å². The number of carbonyl (C=O) groups excluding carboxylic acids is 2. The second-order valence-electron chi connectivity index (χ2n) is 6.58. The zero-order valence-corrected chi connectivity index (χ0v) is 15.8. The smallest absolute Gasteiger partial charge is 0.264 e. The zero-order valence-electron chi connectivity index (χ0n) is 14.2. The maximum absolute atomic E-state index is 12.6. The maximum Gasteiger partial charge on any atom is 0.264 e. The van der Waals surface area contributed by atoms with E-state index in [1.165, 1.54) is 21.9 Å². The summed E-state index contributed by atoms with van der Waals surface area (Å²) in [4.78, 5) is 27.5. The fourth-order valence-electron chi connectivity index (χ4n) is 3.45. The number of amides is 2. The Labute approximate surface area is 152 Å². The lowest BCUT2D eigenvalue weighted by molar-refractivity contribution is -0.125. The van der Waals surface area contributed by atoms with E-state index in [9.17, 15) is 18.0 Å². The van der Waals surface area contributed by atoms with Crippen molar-refractivity contribution in [2.75, 3.05) is 25.9 Å². The lowest BCUT2D eigenvalue weighted by Gasteiger charge is -2.32. The van der Waals surface area contributed by atoms with Gasteiger partial charge in [0.25, 0.3) is 5.91 Å². The van der Waals surface area contributed by atoms with Gasteiger partial charge in [-0.2, -0.15) is 0 Å². The van der Waals surface area contributed by atoms with Crippen molar-refractivity contribution in [3.63, 3.8) is 0 Å². The van der Waals surface area contributed by atoms with E-state index in [1.807, 2.05) is 11.4 Å². The van der Waals surface area contributed by atoms with E-state index in [0.29, 0.717) is 43.8 Å². The first kappa shape index (κ1) is 18.3. The van der Waals surface area contributed by atoms with Crippen LogP contribution >= 0.6 is 11.3 Å². The lowest BCUT2D eigenvalue weighted by atomic mass is 10.1. The second-order valence-corrected chi connectivity index (χ2v) is 9.51. The number of rotatable bonds is 4. The Morgan fingerprint density at radius 3 is 2.52 bits per heavy atom. The van der Waals surface area contributed by atoms with E-state index >= 15 is 0 Å². The van der Waals surface area contributed by atoms with Gasteiger partial charge in [0.1, 0.15) is 6.04 Å². The van der Waals surface area contributed by atoms with Crippen LogP contribution in [0.5, 0.6) is 0 Å². The first-order valence-electron chi connectivity index (χ1n) is 8.46. The largest absolute Gasteiger partial charge is 0.351 e. The molecule has 1 atom stereocenters. The first-order chi connectivity index (χ1) is 11.9. The molecule has 9 heteroatoms. The summed E-state index contributed by atoms with van der Waals surface area (Å²) in [6, 6.07) is 3.15. The molecule has 0 spiro atoms. The Balaban J connectivity index is 1.57. The van der Waals surface area contributed by atoms with Gasteiger partial charge in [-0.25, -0.2) is 12.7 Å². The van der Waals surface area contributed by atoms with E-state index in [4.69, 9.17) is 0 Å². The zero-order chi connectivity index (χ0) is 18.0. The Bertz CT molecular complexity index is 725. The van der Waals surface area contributed by atoms with Crippen molar-refractivity contribution < 1.29 is 18.0 Å². The maximum atomic E-state index is 12.6. The summed E-state index contributed by atoms with van der Waals surface area (Å²) in [6.45, 7) is 1.44. The number of carbonyl (C=O) groups is 2. The molecule has 0 saturated carbocycles. The summed E-state index contributed by atoms with van der Waals surface area (Å²) < 4.78 is 24.5. The predicted molar refractivity (Wildman–Crippen MR) is 96.0 cm³/mol. The number of nitrogens with zero attached hydrogens (tertiary/aromatic N) is 2. The standard InChI is InChI=1S/C16H23N3O4S2/c1-25(22,23)18-9-6-12(7-10-18)17-15(20)13-4-2-8-19(13)16(21)14-5-3-11-24-14/h3,5,11-13H,2,4,6-10H2,1H3,(H,17,20)/t13-/m1/s1. The number of likely N-dealkylation sites (tertiary alicyclic amines) is 1. The molecule has 2 saturated heterocycles. The molecule has 0 aromatic carbocycles. The topological polar surface area (TPSA) is 86.8 Å². The minimum Gasteiger partial charge on any atom is -0.351 e. The Morgan fingerprint density at radius 2 is 1.92 bits per heavy atom. The van der Waals surface area contributed by atoms with Crippen LogP contribution < -0.4 is 5.32 Å². The van der Waals surface area contributed by atoms with Gasteiger partial charge in [-0.05, 0) is 37.1 Å². The molecule has 7 nitrogen and oxygen atoms in total. The molecule has 2 fully saturated rings. The van der Waals surface area contributed by atoms with E-state index in [2.05, 4.69) is 5.32 Å². The Kier molecular flexibility index (Phi) is 5.45. The van der Waals surface area contributed by atoms with E-state index in [-0.39, 0.29) is 17.9 Å². The molecule has 1 aromatic heterocycles. The molecular formula is C16H23N3O4S2. The molecule has 0 radical (unpaired) electrons. The van der Waals surface area contributed by atoms with Gasteiger partial charge >= 0.3 is 0 Å². The number of piperidine rings is 1. The molecule has 2 amide bonds. The second kappa shape index (κ2) is 7.43. The van der Waals surface area contributed by atoms with Gasteiger partial charge in [-0.1, -0.05) is 6.07 Å². The van der Waals surface area contributed by atoms with Crippen LogP contribution in [0.2, 0.25) is 0 Å². The molecule has 0 aliphatic carbocycles. The summed E-state index contributed by atoms with van der Waals surface area (Å²) >= 11 is 1.38. The summed E-state index contributed by atoms with van der Waals surface area (Å²) in [5.41, 5.74) is 0. The van der Waals surface area contributed by atoms with Crippen LogP contribution in [0.25, 0.3) is 0 Å². The Morgan fingerprint density at radius 1 is 1.20 bits per heavy atom. The van der Waals surface area contributed by atoms with Gasteiger partial charge in [0.05, 0.1) is 11.1 Å². The molecule has 2 aliphatic heterocycles. The molecule has 3 heterocycles. The monoisotopic (exact) mass is 385 g/mol. The average molecular weight is 386 g/mol. The third-order valence-corrected chi connectivity index (χ3v) is 6.98. The summed E-state index contributed by atoms with van der Waals surface area (Å²) in [7, 11) is -3.17. The first-order valence-corrected chi connectivity index (χ1v) is 11.2. The third-order valence-electron chi connectivity index (χ3n) is 4.82. The van der Waals surface area contributed by atoms with Gasteiger partial charge < -0.3 is 10.2 Å². The van der Waals surface area contributed by atoms with E-state index in [0.717, 1.165) is 6.42 Å². The molecule has 1 aromatic rings. The number of sulfonamides is 1. The van der Waals surface area contributed by atoms with Crippen LogP contribution in [0.1, 0.15) is 35.4 Å². The van der Waals surface area contributed by atoms with Crippen molar-refractivity contribution >= 4 is 33.2 Å². The molecular weight excluding hydrogens is 362 g/mol. The van der Waals surface area contributed by atoms with Gasteiger partial charge in [0, 0.05) is 25.7 Å². The molecule has 0 bridgehead atoms. The molecule has 25 heavy (non-hydrogen) atoms. The van der Waals surface area contributed by atoms with Crippen molar-refractivity contribution in [1.29, 1.82) is 0 Å². The minimum atomic E-state index is -3.17. The minimum absolute atomic E-state index is 0.0372. The van der Waals surface area contributed by atoms with Crippen LogP contribution in [-0.4, -0.2) is 67.4 Å². The van der Waals surface area contributed by atoms with Crippen LogP contribution in [0.3, 0.4) is 0 Å². The highest BCUT2D eigenvalue weighted by molar-refractivity contribution is 7.88. The summed E-state index contributed by atoms with van der Waals surface area (Å²) in [6.07, 6.45) is 3.90. The highest BCUT2D eigenvalue weighted by Crippen LogP contribution is 2.23. The van der Waals surface area contributed by atoms with Crippen LogP contribution in [0.4, 0.5) is 0 Å². The van der Waals surface area contributed by atoms with Crippen molar-refractivity contribution in [2.45, 2.75) is 37.8 Å². The fraction of sp³-hybridized carbons (Fsp3) is 0.625. The average Bonchev–Trinajstić information content (AvgIpc) is 3.25. The SMILES string of the molecule is CS(=O)(=O)N1CCC(NC(=O)[C@H]2CCCN2C(=O)c2cccs2)CC1. The molecule has 138 valence electrons. The number of thiophene rings is 1. The highest BCUT2D eigenvalue weighted by atomic mass is 32.2. The normalized spacial score (nSPS) is 22.9. The Hall–Kier alpha value is -1.45. The highest BCUT2D eigenvalue weighted by Gasteiger charge is 2.36. The van der Waals surface area contributed by atoms with Crippen molar-refractivity contribution in [2.24, 2.45) is 0 Å². The molecule has 0 unspecified atom stereocenters. The van der Waals surface area contributed by atoms with Gasteiger partial charge in [0.2, 0.25) is 15.9 Å². The number of hydrogen-bond donors (Lipinski definition) is 1. The number of hydrogen-bond acceptors (Lipinski definition) is 5. The van der Waals surface area contributed by atoms with Gasteiger partial charge in [0.15, 0.2) is 0 Å². The van der Waals surface area contributed by atoms with Crippen molar-refractivity contribution in [3.8, 4) is 0 Å². The quantitative estimate of drug-likeness (QED) is 0.834. The fourth-order valence-corrected chi connectivity index (χ4v) is 5.01. The van der Waals surface area contributed by atoms with Crippen molar-refractivity contribution in [1.82, 2.24) is 14.5 Å². The van der Waals surface area contributed by atoms with Crippen LogP contribution in [-0.2, 0) is 14.8 Å². The molecule has 3 rings (SSSR count). The molecule has 1 N–H and O–H groups in total. The van der Waals surface area contributed by atoms with Gasteiger partial charge in [-0.15, -0.1) is 11.3 Å². The predicted octanol–water partition coefficient (Wildman–Crippen LogP) is 0.893. The third kappa shape index (κ3) is 4.21. The van der Waals surface area contributed by atoms with Crippen LogP contribution in [0, 0.1) is 0 Å². The van der Waals surface area contributed by atoms with E-state index in [1.54, 1.807) is 11.0 Å². The summed E-state index contributed by atoms with van der Waals surface area (Å²) in [5.74, 6) is -0.209. The molecule has 2 aliphatic rings. The van der Waals surface area contributed by atoms with E-state index < -0.39 is 16.1 Å². The lowest BCUT2D eigenvalue weighted by Crippen LogP contribution is -2.51. The van der Waals surface area contributed by atoms with Crippen LogP contribution in [0.15, 0.2) is 17.5 Å². The van der Waals surface area contributed by atoms with Gasteiger partial charge in [-0.3, -0.25) is 9.59 Å². The summed E-state index contributed by atoms with van der Waals surface area (Å²) in [5, 5.41) is 4.87. The number of nitrogens with one attached hydrogen (secondary N) is 1.